The predicted octanol–water partition coefficient (Wildman–Crippen LogP) is 1.86. The molecule has 5 heteroatoms. The normalized spacial score (nSPS) is 16.4. The third-order valence-corrected chi connectivity index (χ3v) is 3.67. The van der Waals surface area contributed by atoms with Gasteiger partial charge in [0.15, 0.2) is 0 Å². The van der Waals surface area contributed by atoms with E-state index in [9.17, 15) is 4.79 Å². The van der Waals surface area contributed by atoms with Gasteiger partial charge in [0.1, 0.15) is 5.82 Å². The highest BCUT2D eigenvalue weighted by atomic mass is 16.1. The maximum absolute atomic E-state index is 11.6. The van der Waals surface area contributed by atoms with Crippen LogP contribution in [0, 0.1) is 11.8 Å². The molecule has 1 aromatic rings. The molecule has 1 aliphatic heterocycles. The number of rotatable bonds is 5. The van der Waals surface area contributed by atoms with Crippen LogP contribution in [0.1, 0.15) is 33.1 Å². The summed E-state index contributed by atoms with van der Waals surface area (Å²) in [6.07, 6.45) is 8.05. The van der Waals surface area contributed by atoms with Gasteiger partial charge in [0.2, 0.25) is 5.91 Å². The second-order valence-electron chi connectivity index (χ2n) is 5.90. The maximum Gasteiger partial charge on any atom is 0.220 e. The van der Waals surface area contributed by atoms with Crippen molar-refractivity contribution in [2.24, 2.45) is 11.8 Å². The van der Waals surface area contributed by atoms with E-state index < -0.39 is 0 Å². The van der Waals surface area contributed by atoms with Crippen molar-refractivity contribution >= 4 is 11.7 Å². The number of carbonyl (C=O) groups is 1. The first kappa shape index (κ1) is 14.8. The first-order valence-electron chi connectivity index (χ1n) is 7.43. The third-order valence-electron chi connectivity index (χ3n) is 3.67. The Morgan fingerprint density at radius 3 is 2.75 bits per heavy atom. The molecule has 5 nitrogen and oxygen atoms in total. The average molecular weight is 276 g/mol. The molecule has 0 spiro atoms. The summed E-state index contributed by atoms with van der Waals surface area (Å²) in [5, 5.41) is 3.05. The summed E-state index contributed by atoms with van der Waals surface area (Å²) in [5.74, 6) is 2.14. The summed E-state index contributed by atoms with van der Waals surface area (Å²) in [6.45, 7) is 6.92. The van der Waals surface area contributed by atoms with Gasteiger partial charge in [0.05, 0.1) is 6.20 Å². The molecule has 1 aromatic heterocycles. The number of hydrogen-bond acceptors (Lipinski definition) is 4. The lowest BCUT2D eigenvalue weighted by molar-refractivity contribution is -0.122. The molecule has 2 rings (SSSR count). The van der Waals surface area contributed by atoms with Gasteiger partial charge in [-0.3, -0.25) is 9.78 Å². The Hall–Kier alpha value is -1.65. The molecule has 0 aromatic carbocycles. The SMILES string of the molecule is CC(C)CC(=O)NCC1CCN(c2cnccn2)CC1. The van der Waals surface area contributed by atoms with Crippen LogP contribution < -0.4 is 10.2 Å². The topological polar surface area (TPSA) is 58.1 Å². The van der Waals surface area contributed by atoms with Gasteiger partial charge in [0, 0.05) is 38.4 Å². The number of amides is 1. The summed E-state index contributed by atoms with van der Waals surface area (Å²) >= 11 is 0. The van der Waals surface area contributed by atoms with Crippen molar-refractivity contribution in [1.29, 1.82) is 0 Å². The van der Waals surface area contributed by atoms with Crippen molar-refractivity contribution in [2.45, 2.75) is 33.1 Å². The molecule has 1 N–H and O–H groups in total. The second kappa shape index (κ2) is 7.22. The molecular weight excluding hydrogens is 252 g/mol. The third kappa shape index (κ3) is 4.47. The highest BCUT2D eigenvalue weighted by Crippen LogP contribution is 2.20. The van der Waals surface area contributed by atoms with Crippen molar-refractivity contribution in [1.82, 2.24) is 15.3 Å². The van der Waals surface area contributed by atoms with E-state index in [4.69, 9.17) is 0 Å². The minimum atomic E-state index is 0.177. The van der Waals surface area contributed by atoms with Gasteiger partial charge in [-0.1, -0.05) is 13.8 Å². The summed E-state index contributed by atoms with van der Waals surface area (Å²) in [4.78, 5) is 22.3. The standard InChI is InChI=1S/C15H24N4O/c1-12(2)9-15(20)18-10-13-3-7-19(8-4-13)14-11-16-5-6-17-14/h5-6,11-13H,3-4,7-10H2,1-2H3,(H,18,20). The van der Waals surface area contributed by atoms with Gasteiger partial charge in [-0.15, -0.1) is 0 Å². The van der Waals surface area contributed by atoms with Crippen LogP contribution in [0.3, 0.4) is 0 Å². The van der Waals surface area contributed by atoms with Crippen molar-refractivity contribution in [2.75, 3.05) is 24.5 Å². The molecule has 1 aliphatic rings. The van der Waals surface area contributed by atoms with E-state index in [1.54, 1.807) is 12.4 Å². The van der Waals surface area contributed by atoms with Crippen LogP contribution in [-0.2, 0) is 4.79 Å². The highest BCUT2D eigenvalue weighted by Gasteiger charge is 2.20. The number of carbonyl (C=O) groups excluding carboxylic acids is 1. The van der Waals surface area contributed by atoms with E-state index in [1.165, 1.54) is 0 Å². The van der Waals surface area contributed by atoms with Crippen LogP contribution in [-0.4, -0.2) is 35.5 Å². The number of nitrogens with zero attached hydrogens (tertiary/aromatic N) is 3. The van der Waals surface area contributed by atoms with E-state index in [2.05, 4.69) is 34.0 Å². The molecule has 0 radical (unpaired) electrons. The van der Waals surface area contributed by atoms with E-state index in [1.807, 2.05) is 6.20 Å². The first-order valence-corrected chi connectivity index (χ1v) is 7.43. The van der Waals surface area contributed by atoms with E-state index in [0.29, 0.717) is 18.3 Å². The Balaban J connectivity index is 1.71. The quantitative estimate of drug-likeness (QED) is 0.891. The molecule has 110 valence electrons. The van der Waals surface area contributed by atoms with E-state index >= 15 is 0 Å². The van der Waals surface area contributed by atoms with Crippen LogP contribution in [0.4, 0.5) is 5.82 Å². The lowest BCUT2D eigenvalue weighted by atomic mass is 9.96. The summed E-state index contributed by atoms with van der Waals surface area (Å²) < 4.78 is 0. The number of nitrogens with one attached hydrogen (secondary N) is 1. The second-order valence-corrected chi connectivity index (χ2v) is 5.90. The number of hydrogen-bond donors (Lipinski definition) is 1. The Kier molecular flexibility index (Phi) is 5.32. The molecule has 1 fully saturated rings. The highest BCUT2D eigenvalue weighted by molar-refractivity contribution is 5.76. The fourth-order valence-corrected chi connectivity index (χ4v) is 2.52. The minimum Gasteiger partial charge on any atom is -0.356 e. The predicted molar refractivity (Wildman–Crippen MR) is 79.4 cm³/mol. The van der Waals surface area contributed by atoms with E-state index in [-0.39, 0.29) is 5.91 Å². The average Bonchev–Trinajstić information content (AvgIpc) is 2.46. The molecule has 0 unspecified atom stereocenters. The Morgan fingerprint density at radius 2 is 2.15 bits per heavy atom. The molecule has 1 saturated heterocycles. The number of aromatic nitrogens is 2. The van der Waals surface area contributed by atoms with Gasteiger partial charge >= 0.3 is 0 Å². The first-order chi connectivity index (χ1) is 9.65. The molecule has 20 heavy (non-hydrogen) atoms. The lowest BCUT2D eigenvalue weighted by Gasteiger charge is -2.32. The fraction of sp³-hybridized carbons (Fsp3) is 0.667. The Bertz CT molecular complexity index is 413. The molecule has 1 amide bonds. The molecule has 0 aliphatic carbocycles. The van der Waals surface area contributed by atoms with Gasteiger partial charge in [-0.2, -0.15) is 0 Å². The van der Waals surface area contributed by atoms with Crippen molar-refractivity contribution < 1.29 is 4.79 Å². The van der Waals surface area contributed by atoms with Crippen LogP contribution in [0.2, 0.25) is 0 Å². The number of anilines is 1. The van der Waals surface area contributed by atoms with Gasteiger partial charge in [-0.05, 0) is 24.7 Å². The zero-order valence-electron chi connectivity index (χ0n) is 12.4. The smallest absolute Gasteiger partial charge is 0.220 e. The van der Waals surface area contributed by atoms with Crippen LogP contribution >= 0.6 is 0 Å². The molecule has 0 atom stereocenters. The van der Waals surface area contributed by atoms with Crippen molar-refractivity contribution in [3.8, 4) is 0 Å². The Morgan fingerprint density at radius 1 is 1.40 bits per heavy atom. The van der Waals surface area contributed by atoms with Crippen molar-refractivity contribution in [3.05, 3.63) is 18.6 Å². The molecular formula is C15H24N4O. The largest absolute Gasteiger partial charge is 0.356 e. The summed E-state index contributed by atoms with van der Waals surface area (Å²) in [7, 11) is 0. The molecule has 0 bridgehead atoms. The molecule has 0 saturated carbocycles. The fourth-order valence-electron chi connectivity index (χ4n) is 2.52. The zero-order chi connectivity index (χ0) is 14.4. The van der Waals surface area contributed by atoms with Gasteiger partial charge < -0.3 is 10.2 Å². The summed E-state index contributed by atoms with van der Waals surface area (Å²) in [5.41, 5.74) is 0. The monoisotopic (exact) mass is 276 g/mol. The molecule has 2 heterocycles. The summed E-state index contributed by atoms with van der Waals surface area (Å²) in [6, 6.07) is 0. The minimum absolute atomic E-state index is 0.177. The van der Waals surface area contributed by atoms with Gasteiger partial charge in [0.25, 0.3) is 0 Å². The van der Waals surface area contributed by atoms with Gasteiger partial charge in [-0.25, -0.2) is 4.98 Å². The van der Waals surface area contributed by atoms with Crippen LogP contribution in [0.15, 0.2) is 18.6 Å². The Labute approximate surface area is 120 Å². The van der Waals surface area contributed by atoms with Crippen molar-refractivity contribution in [3.63, 3.8) is 0 Å². The van der Waals surface area contributed by atoms with Crippen LogP contribution in [0.25, 0.3) is 0 Å². The zero-order valence-corrected chi connectivity index (χ0v) is 12.4. The lowest BCUT2D eigenvalue weighted by Crippen LogP contribution is -2.39. The maximum atomic E-state index is 11.6. The van der Waals surface area contributed by atoms with Crippen LogP contribution in [0.5, 0.6) is 0 Å². The van der Waals surface area contributed by atoms with E-state index in [0.717, 1.165) is 38.3 Å². The number of piperidine rings is 1.